The fourth-order valence-electron chi connectivity index (χ4n) is 4.83. The van der Waals surface area contributed by atoms with Gasteiger partial charge in [-0.25, -0.2) is 9.97 Å². The van der Waals surface area contributed by atoms with E-state index in [1.807, 2.05) is 23.6 Å². The van der Waals surface area contributed by atoms with Gasteiger partial charge in [-0.15, -0.1) is 0 Å². The molecule has 0 radical (unpaired) electrons. The summed E-state index contributed by atoms with van der Waals surface area (Å²) in [5.41, 5.74) is -0.416. The summed E-state index contributed by atoms with van der Waals surface area (Å²) in [4.78, 5) is 40.6. The molecule has 0 aromatic carbocycles. The van der Waals surface area contributed by atoms with Gasteiger partial charge in [0.15, 0.2) is 0 Å². The van der Waals surface area contributed by atoms with Crippen LogP contribution in [0.15, 0.2) is 18.5 Å². The van der Waals surface area contributed by atoms with E-state index >= 15 is 0 Å². The molecule has 140 valence electrons. The largest absolute Gasteiger partial charge is 0.337 e. The van der Waals surface area contributed by atoms with Crippen LogP contribution in [0.25, 0.3) is 0 Å². The topological polar surface area (TPSA) is 69.6 Å². The van der Waals surface area contributed by atoms with E-state index in [9.17, 15) is 9.59 Å². The van der Waals surface area contributed by atoms with E-state index in [-0.39, 0.29) is 23.9 Å². The van der Waals surface area contributed by atoms with Gasteiger partial charge >= 0.3 is 0 Å². The molecule has 1 aromatic rings. The fourth-order valence-corrected chi connectivity index (χ4v) is 4.83. The van der Waals surface area contributed by atoms with Crippen molar-refractivity contribution in [1.82, 2.24) is 19.8 Å². The Labute approximate surface area is 154 Å². The molecular formula is C19H27N5O2. The summed E-state index contributed by atoms with van der Waals surface area (Å²) >= 11 is 0. The monoisotopic (exact) mass is 357 g/mol. The van der Waals surface area contributed by atoms with E-state index in [1.165, 1.54) is 0 Å². The molecule has 1 unspecified atom stereocenters. The second kappa shape index (κ2) is 6.52. The molecule has 7 heteroatoms. The van der Waals surface area contributed by atoms with Crippen LogP contribution < -0.4 is 4.90 Å². The van der Waals surface area contributed by atoms with Gasteiger partial charge in [-0.1, -0.05) is 12.8 Å². The van der Waals surface area contributed by atoms with Crippen molar-refractivity contribution in [2.24, 2.45) is 5.41 Å². The van der Waals surface area contributed by atoms with Crippen molar-refractivity contribution in [2.75, 3.05) is 31.1 Å². The number of piperazine rings is 1. The van der Waals surface area contributed by atoms with Gasteiger partial charge in [-0.05, 0) is 32.8 Å². The van der Waals surface area contributed by atoms with Gasteiger partial charge < -0.3 is 14.7 Å². The molecule has 2 aliphatic heterocycles. The summed E-state index contributed by atoms with van der Waals surface area (Å²) in [6, 6.07) is 1.61. The van der Waals surface area contributed by atoms with E-state index in [2.05, 4.69) is 14.9 Å². The molecule has 26 heavy (non-hydrogen) atoms. The van der Waals surface area contributed by atoms with Crippen LogP contribution >= 0.6 is 0 Å². The molecule has 1 aliphatic carbocycles. The molecule has 3 fully saturated rings. The molecule has 0 N–H and O–H groups in total. The first-order chi connectivity index (χ1) is 12.5. The Morgan fingerprint density at radius 1 is 1.12 bits per heavy atom. The van der Waals surface area contributed by atoms with Gasteiger partial charge in [-0.3, -0.25) is 9.59 Å². The van der Waals surface area contributed by atoms with Crippen LogP contribution in [-0.4, -0.2) is 69.8 Å². The SMILES string of the molecule is CC(C)N1C(=O)C2(CCCC2)C1C(=O)N1CCN(c2ncccn2)CC1. The van der Waals surface area contributed by atoms with Gasteiger partial charge in [0.2, 0.25) is 17.8 Å². The third-order valence-electron chi connectivity index (χ3n) is 6.17. The van der Waals surface area contributed by atoms with Gasteiger partial charge in [0.1, 0.15) is 6.04 Å². The number of aromatic nitrogens is 2. The van der Waals surface area contributed by atoms with Crippen LogP contribution in [0.1, 0.15) is 39.5 Å². The van der Waals surface area contributed by atoms with Crippen molar-refractivity contribution in [1.29, 1.82) is 0 Å². The lowest BCUT2D eigenvalue weighted by molar-refractivity contribution is -0.185. The minimum absolute atomic E-state index is 0.0710. The molecular weight excluding hydrogens is 330 g/mol. The number of nitrogens with zero attached hydrogens (tertiary/aromatic N) is 5. The number of hydrogen-bond donors (Lipinski definition) is 0. The quantitative estimate of drug-likeness (QED) is 0.763. The number of anilines is 1. The summed E-state index contributed by atoms with van der Waals surface area (Å²) in [7, 11) is 0. The van der Waals surface area contributed by atoms with Gasteiger partial charge in [0.25, 0.3) is 0 Å². The summed E-state index contributed by atoms with van der Waals surface area (Å²) < 4.78 is 0. The Bertz CT molecular complexity index is 678. The van der Waals surface area contributed by atoms with E-state index in [1.54, 1.807) is 18.5 Å². The zero-order valence-electron chi connectivity index (χ0n) is 15.6. The van der Waals surface area contributed by atoms with Crippen LogP contribution in [-0.2, 0) is 9.59 Å². The van der Waals surface area contributed by atoms with E-state index in [4.69, 9.17) is 0 Å². The highest BCUT2D eigenvalue weighted by molar-refractivity contribution is 6.02. The first kappa shape index (κ1) is 17.2. The van der Waals surface area contributed by atoms with Gasteiger partial charge in [0, 0.05) is 44.6 Å². The first-order valence-electron chi connectivity index (χ1n) is 9.68. The van der Waals surface area contributed by atoms with Crippen molar-refractivity contribution in [3.63, 3.8) is 0 Å². The van der Waals surface area contributed by atoms with Gasteiger partial charge in [0.05, 0.1) is 5.41 Å². The zero-order valence-corrected chi connectivity index (χ0v) is 15.6. The molecule has 1 spiro atoms. The van der Waals surface area contributed by atoms with Gasteiger partial charge in [-0.2, -0.15) is 0 Å². The predicted octanol–water partition coefficient (Wildman–Crippen LogP) is 1.30. The number of likely N-dealkylation sites (tertiary alicyclic amines) is 1. The fraction of sp³-hybridized carbons (Fsp3) is 0.684. The zero-order chi connectivity index (χ0) is 18.3. The molecule has 1 aromatic heterocycles. The highest BCUT2D eigenvalue weighted by Crippen LogP contribution is 2.52. The van der Waals surface area contributed by atoms with Crippen molar-refractivity contribution >= 4 is 17.8 Å². The van der Waals surface area contributed by atoms with E-state index in [0.29, 0.717) is 13.1 Å². The number of rotatable bonds is 3. The number of β-lactam (4-membered cyclic amide) rings is 1. The van der Waals surface area contributed by atoms with Crippen LogP contribution in [0.4, 0.5) is 5.95 Å². The molecule has 0 bridgehead atoms. The van der Waals surface area contributed by atoms with Crippen LogP contribution in [0.3, 0.4) is 0 Å². The van der Waals surface area contributed by atoms with Crippen molar-refractivity contribution < 1.29 is 9.59 Å². The smallest absolute Gasteiger partial charge is 0.246 e. The maximum Gasteiger partial charge on any atom is 0.246 e. The third-order valence-corrected chi connectivity index (χ3v) is 6.17. The van der Waals surface area contributed by atoms with Crippen LogP contribution in [0.2, 0.25) is 0 Å². The van der Waals surface area contributed by atoms with E-state index < -0.39 is 5.41 Å². The summed E-state index contributed by atoms with van der Waals surface area (Å²) in [6.07, 6.45) is 7.32. The molecule has 7 nitrogen and oxygen atoms in total. The number of carbonyl (C=O) groups excluding carboxylic acids is 2. The molecule has 1 saturated carbocycles. The normalized spacial score (nSPS) is 25.1. The Morgan fingerprint density at radius 2 is 1.73 bits per heavy atom. The van der Waals surface area contributed by atoms with Crippen molar-refractivity contribution in [2.45, 2.75) is 51.6 Å². The molecule has 2 saturated heterocycles. The molecule has 3 heterocycles. The Morgan fingerprint density at radius 3 is 2.31 bits per heavy atom. The molecule has 3 aliphatic rings. The van der Waals surface area contributed by atoms with Crippen LogP contribution in [0, 0.1) is 5.41 Å². The first-order valence-corrected chi connectivity index (χ1v) is 9.68. The summed E-state index contributed by atoms with van der Waals surface area (Å²) in [5, 5.41) is 0. The number of carbonyl (C=O) groups is 2. The average molecular weight is 357 g/mol. The Kier molecular flexibility index (Phi) is 4.32. The number of amides is 2. The number of hydrogen-bond acceptors (Lipinski definition) is 5. The maximum atomic E-state index is 13.3. The second-order valence-corrected chi connectivity index (χ2v) is 7.93. The second-order valence-electron chi connectivity index (χ2n) is 7.93. The lowest BCUT2D eigenvalue weighted by atomic mass is 9.67. The highest BCUT2D eigenvalue weighted by Gasteiger charge is 2.65. The third kappa shape index (κ3) is 2.56. The summed E-state index contributed by atoms with van der Waals surface area (Å²) in [6.45, 7) is 6.78. The van der Waals surface area contributed by atoms with Crippen LogP contribution in [0.5, 0.6) is 0 Å². The predicted molar refractivity (Wildman–Crippen MR) is 97.5 cm³/mol. The molecule has 1 atom stereocenters. The lowest BCUT2D eigenvalue weighted by Gasteiger charge is -2.56. The standard InChI is InChI=1S/C19H27N5O2/c1-14(2)24-15(19(17(24)26)6-3-4-7-19)16(25)22-10-12-23(13-11-22)18-20-8-5-9-21-18/h5,8-9,14-15H,3-4,6-7,10-13H2,1-2H3. The maximum absolute atomic E-state index is 13.3. The minimum atomic E-state index is -0.416. The summed E-state index contributed by atoms with van der Waals surface area (Å²) in [5.74, 6) is 1.04. The Hall–Kier alpha value is -2.18. The lowest BCUT2D eigenvalue weighted by Crippen LogP contribution is -2.74. The molecule has 2 amide bonds. The molecule has 4 rings (SSSR count). The Balaban J connectivity index is 1.46. The average Bonchev–Trinajstić information content (AvgIpc) is 3.18. The van der Waals surface area contributed by atoms with E-state index in [0.717, 1.165) is 44.7 Å². The highest BCUT2D eigenvalue weighted by atomic mass is 16.2. The van der Waals surface area contributed by atoms with Crippen molar-refractivity contribution in [3.8, 4) is 0 Å². The minimum Gasteiger partial charge on any atom is -0.337 e. The van der Waals surface area contributed by atoms with Crippen molar-refractivity contribution in [3.05, 3.63) is 18.5 Å².